The molecule has 1 aromatic heterocycles. The smallest absolute Gasteiger partial charge is 0.148 e. The van der Waals surface area contributed by atoms with Gasteiger partial charge in [0.15, 0.2) is 0 Å². The third-order valence-corrected chi connectivity index (χ3v) is 4.86. The van der Waals surface area contributed by atoms with E-state index >= 15 is 0 Å². The average Bonchev–Trinajstić information content (AvgIpc) is 2.96. The Bertz CT molecular complexity index is 536. The first-order chi connectivity index (χ1) is 8.34. The molecule has 0 fully saturated rings. The maximum Gasteiger partial charge on any atom is 0.148 e. The molecule has 1 aliphatic rings. The predicted molar refractivity (Wildman–Crippen MR) is 70.7 cm³/mol. The number of nitrogens with zero attached hydrogens (tertiary/aromatic N) is 1. The standard InChI is InChI=1S/C13H11NOS2/c15-11(7-13-14-5-6-16-13)10-8-17-12-4-2-1-3-9(10)12/h1-6,10H,7-8H2. The number of thiazole rings is 1. The molecular formula is C13H11NOS2. The number of benzene rings is 1. The van der Waals surface area contributed by atoms with E-state index in [-0.39, 0.29) is 11.7 Å². The van der Waals surface area contributed by atoms with Crippen LogP contribution >= 0.6 is 23.1 Å². The lowest BCUT2D eigenvalue weighted by molar-refractivity contribution is -0.119. The summed E-state index contributed by atoms with van der Waals surface area (Å²) in [5.74, 6) is 1.22. The molecule has 17 heavy (non-hydrogen) atoms. The Balaban J connectivity index is 1.80. The van der Waals surface area contributed by atoms with Gasteiger partial charge in [-0.05, 0) is 11.6 Å². The van der Waals surface area contributed by atoms with Gasteiger partial charge >= 0.3 is 0 Å². The van der Waals surface area contributed by atoms with Gasteiger partial charge in [0, 0.05) is 22.2 Å². The van der Waals surface area contributed by atoms with Crippen LogP contribution in [-0.4, -0.2) is 16.5 Å². The topological polar surface area (TPSA) is 30.0 Å². The summed E-state index contributed by atoms with van der Waals surface area (Å²) in [4.78, 5) is 17.7. The molecule has 0 radical (unpaired) electrons. The third kappa shape index (κ3) is 2.15. The maximum absolute atomic E-state index is 12.2. The monoisotopic (exact) mass is 261 g/mol. The molecule has 1 aromatic carbocycles. The van der Waals surface area contributed by atoms with Gasteiger partial charge in [-0.2, -0.15) is 0 Å². The van der Waals surface area contributed by atoms with E-state index in [2.05, 4.69) is 17.1 Å². The van der Waals surface area contributed by atoms with Crippen LogP contribution in [0.25, 0.3) is 0 Å². The Morgan fingerprint density at radius 2 is 2.29 bits per heavy atom. The van der Waals surface area contributed by atoms with Crippen molar-refractivity contribution in [1.82, 2.24) is 4.98 Å². The van der Waals surface area contributed by atoms with Crippen molar-refractivity contribution >= 4 is 28.9 Å². The molecular weight excluding hydrogens is 250 g/mol. The molecule has 0 saturated heterocycles. The third-order valence-electron chi connectivity index (χ3n) is 2.90. The minimum absolute atomic E-state index is 0.0556. The van der Waals surface area contributed by atoms with Crippen LogP contribution < -0.4 is 0 Å². The van der Waals surface area contributed by atoms with Crippen molar-refractivity contribution in [3.63, 3.8) is 0 Å². The summed E-state index contributed by atoms with van der Waals surface area (Å²) in [5.41, 5.74) is 1.19. The quantitative estimate of drug-likeness (QED) is 0.850. The normalized spacial score (nSPS) is 18.0. The highest BCUT2D eigenvalue weighted by molar-refractivity contribution is 7.99. The molecule has 0 spiro atoms. The van der Waals surface area contributed by atoms with Gasteiger partial charge in [-0.1, -0.05) is 18.2 Å². The van der Waals surface area contributed by atoms with E-state index in [0.717, 1.165) is 10.8 Å². The number of fused-ring (bicyclic) bond motifs is 1. The Kier molecular flexibility index (Phi) is 2.99. The van der Waals surface area contributed by atoms with Gasteiger partial charge in [-0.25, -0.2) is 4.98 Å². The van der Waals surface area contributed by atoms with Crippen LogP contribution in [0.4, 0.5) is 0 Å². The highest BCUT2D eigenvalue weighted by atomic mass is 32.2. The summed E-state index contributed by atoms with van der Waals surface area (Å²) in [6.07, 6.45) is 2.22. The van der Waals surface area contributed by atoms with Gasteiger partial charge in [0.05, 0.1) is 17.3 Å². The number of ketones is 1. The highest BCUT2D eigenvalue weighted by Gasteiger charge is 2.28. The number of rotatable bonds is 3. The van der Waals surface area contributed by atoms with Crippen LogP contribution in [0.1, 0.15) is 16.5 Å². The van der Waals surface area contributed by atoms with Crippen molar-refractivity contribution in [1.29, 1.82) is 0 Å². The van der Waals surface area contributed by atoms with Gasteiger partial charge in [-0.15, -0.1) is 23.1 Å². The zero-order valence-corrected chi connectivity index (χ0v) is 10.8. The van der Waals surface area contributed by atoms with Gasteiger partial charge in [-0.3, -0.25) is 4.79 Å². The van der Waals surface area contributed by atoms with Gasteiger partial charge in [0.2, 0.25) is 0 Å². The number of thioether (sulfide) groups is 1. The number of hydrogen-bond donors (Lipinski definition) is 0. The van der Waals surface area contributed by atoms with Crippen molar-refractivity contribution in [2.24, 2.45) is 0 Å². The fourth-order valence-corrected chi connectivity index (χ4v) is 3.93. The second-order valence-electron chi connectivity index (χ2n) is 3.97. The molecule has 2 heterocycles. The van der Waals surface area contributed by atoms with E-state index in [0.29, 0.717) is 6.42 Å². The van der Waals surface area contributed by atoms with E-state index < -0.39 is 0 Å². The Morgan fingerprint density at radius 1 is 1.41 bits per heavy atom. The van der Waals surface area contributed by atoms with E-state index in [9.17, 15) is 4.79 Å². The summed E-state index contributed by atoms with van der Waals surface area (Å²) in [5, 5.41) is 2.84. The first kappa shape index (κ1) is 11.0. The molecule has 0 N–H and O–H groups in total. The molecule has 1 aliphatic heterocycles. The van der Waals surface area contributed by atoms with E-state index in [1.807, 2.05) is 17.5 Å². The Labute approximate surface area is 108 Å². The lowest BCUT2D eigenvalue weighted by atomic mass is 9.95. The average molecular weight is 261 g/mol. The second-order valence-corrected chi connectivity index (χ2v) is 6.01. The zero-order chi connectivity index (χ0) is 11.7. The highest BCUT2D eigenvalue weighted by Crippen LogP contribution is 2.40. The summed E-state index contributed by atoms with van der Waals surface area (Å²) in [6, 6.07) is 8.20. The van der Waals surface area contributed by atoms with Crippen LogP contribution in [0, 0.1) is 0 Å². The largest absolute Gasteiger partial charge is 0.299 e. The molecule has 3 rings (SSSR count). The fraction of sp³-hybridized carbons (Fsp3) is 0.231. The molecule has 2 aromatic rings. The predicted octanol–water partition coefficient (Wildman–Crippen LogP) is 3.14. The number of aromatic nitrogens is 1. The zero-order valence-electron chi connectivity index (χ0n) is 9.13. The second kappa shape index (κ2) is 4.63. The molecule has 0 amide bonds. The lowest BCUT2D eigenvalue weighted by Crippen LogP contribution is -2.14. The lowest BCUT2D eigenvalue weighted by Gasteiger charge is -2.07. The van der Waals surface area contributed by atoms with Crippen LogP contribution in [0.15, 0.2) is 40.7 Å². The Morgan fingerprint density at radius 3 is 3.12 bits per heavy atom. The molecule has 0 aliphatic carbocycles. The molecule has 1 unspecified atom stereocenters. The minimum atomic E-state index is 0.0556. The van der Waals surface area contributed by atoms with E-state index in [1.165, 1.54) is 10.5 Å². The number of carbonyl (C=O) groups excluding carboxylic acids is 1. The summed E-state index contributed by atoms with van der Waals surface area (Å²) >= 11 is 3.33. The summed E-state index contributed by atoms with van der Waals surface area (Å²) in [6.45, 7) is 0. The van der Waals surface area contributed by atoms with Crippen LogP contribution in [0.3, 0.4) is 0 Å². The van der Waals surface area contributed by atoms with E-state index in [4.69, 9.17) is 0 Å². The van der Waals surface area contributed by atoms with Crippen molar-refractivity contribution in [3.8, 4) is 0 Å². The van der Waals surface area contributed by atoms with Gasteiger partial charge in [0.25, 0.3) is 0 Å². The van der Waals surface area contributed by atoms with Crippen LogP contribution in [0.2, 0.25) is 0 Å². The van der Waals surface area contributed by atoms with Crippen molar-refractivity contribution in [2.45, 2.75) is 17.2 Å². The molecule has 4 heteroatoms. The molecule has 2 nitrogen and oxygen atoms in total. The number of Topliss-reactive ketones (excluding diaryl/α,β-unsaturated/α-hetero) is 1. The minimum Gasteiger partial charge on any atom is -0.299 e. The van der Waals surface area contributed by atoms with Gasteiger partial charge in [0.1, 0.15) is 5.78 Å². The van der Waals surface area contributed by atoms with Crippen molar-refractivity contribution in [2.75, 3.05) is 5.75 Å². The maximum atomic E-state index is 12.2. The van der Waals surface area contributed by atoms with E-state index in [1.54, 1.807) is 29.3 Å². The molecule has 0 bridgehead atoms. The number of carbonyl (C=O) groups is 1. The van der Waals surface area contributed by atoms with Crippen molar-refractivity contribution < 1.29 is 4.79 Å². The van der Waals surface area contributed by atoms with Crippen LogP contribution in [-0.2, 0) is 11.2 Å². The molecule has 0 saturated carbocycles. The SMILES string of the molecule is O=C(Cc1nccs1)C1CSc2ccccc21. The fourth-order valence-electron chi connectivity index (χ4n) is 2.04. The molecule has 86 valence electrons. The number of hydrogen-bond acceptors (Lipinski definition) is 4. The van der Waals surface area contributed by atoms with Crippen LogP contribution in [0.5, 0.6) is 0 Å². The summed E-state index contributed by atoms with van der Waals surface area (Å²) in [7, 11) is 0. The van der Waals surface area contributed by atoms with Crippen molar-refractivity contribution in [3.05, 3.63) is 46.4 Å². The van der Waals surface area contributed by atoms with Gasteiger partial charge < -0.3 is 0 Å². The molecule has 1 atom stereocenters. The Hall–Kier alpha value is -1.13. The first-order valence-electron chi connectivity index (χ1n) is 5.47. The first-order valence-corrected chi connectivity index (χ1v) is 7.34. The summed E-state index contributed by atoms with van der Waals surface area (Å²) < 4.78 is 0.